The predicted octanol–water partition coefficient (Wildman–Crippen LogP) is 5.82. The number of hydrogen-bond acceptors (Lipinski definition) is 6. The summed E-state index contributed by atoms with van der Waals surface area (Å²) in [5.74, 6) is -1.65. The smallest absolute Gasteiger partial charge is 0.262 e. The van der Waals surface area contributed by atoms with Crippen LogP contribution >= 0.6 is 11.3 Å². The fourth-order valence-corrected chi connectivity index (χ4v) is 6.67. The van der Waals surface area contributed by atoms with E-state index in [9.17, 15) is 18.5 Å². The first-order valence-electron chi connectivity index (χ1n) is 10.6. The molecule has 0 fully saturated rings. The van der Waals surface area contributed by atoms with Gasteiger partial charge in [-0.15, -0.1) is 11.3 Å². The highest BCUT2D eigenvalue weighted by molar-refractivity contribution is 7.92. The van der Waals surface area contributed by atoms with Crippen molar-refractivity contribution in [1.29, 1.82) is 5.26 Å². The molecule has 6 nitrogen and oxygen atoms in total. The highest BCUT2D eigenvalue weighted by Crippen LogP contribution is 2.33. The maximum Gasteiger partial charge on any atom is 0.262 e. The van der Waals surface area contributed by atoms with E-state index in [0.717, 1.165) is 15.8 Å². The normalized spacial score (nSPS) is 12.3. The maximum absolute atomic E-state index is 13.5. The molecule has 0 aliphatic carbocycles. The first-order valence-corrected chi connectivity index (χ1v) is 12.9. The minimum Gasteiger partial charge on any atom is -0.292 e. The molecule has 3 aromatic carbocycles. The van der Waals surface area contributed by atoms with Gasteiger partial charge in [0.2, 0.25) is 0 Å². The van der Waals surface area contributed by atoms with Crippen LogP contribution in [-0.4, -0.2) is 19.2 Å². The summed E-state index contributed by atoms with van der Waals surface area (Å²) in [6.45, 7) is 7.28. The summed E-state index contributed by atoms with van der Waals surface area (Å²) in [5, 5.41) is 10.2. The summed E-state index contributed by atoms with van der Waals surface area (Å²) >= 11 is 1.28. The Morgan fingerprint density at radius 3 is 2.26 bits per heavy atom. The van der Waals surface area contributed by atoms with Gasteiger partial charge >= 0.3 is 0 Å². The summed E-state index contributed by atoms with van der Waals surface area (Å²) in [6, 6.07) is 17.8. The topological polar surface area (TPSA) is 99.9 Å². The second kappa shape index (κ2) is 9.01. The number of sulfonamides is 1. The van der Waals surface area contributed by atoms with Crippen molar-refractivity contribution in [3.8, 4) is 6.07 Å². The number of para-hydroxylation sites is 2. The third-order valence-corrected chi connectivity index (χ3v) is 8.69. The van der Waals surface area contributed by atoms with Gasteiger partial charge in [0.25, 0.3) is 10.0 Å². The second-order valence-electron chi connectivity index (χ2n) is 8.19. The number of nitrogens with one attached hydrogen (secondary N) is 1. The van der Waals surface area contributed by atoms with Crippen LogP contribution in [0.1, 0.15) is 43.5 Å². The molecule has 172 valence electrons. The van der Waals surface area contributed by atoms with Crippen LogP contribution < -0.4 is 4.72 Å². The van der Waals surface area contributed by atoms with Crippen LogP contribution in [-0.2, 0) is 10.0 Å². The van der Waals surface area contributed by atoms with Crippen molar-refractivity contribution in [2.45, 2.75) is 38.5 Å². The zero-order chi connectivity index (χ0) is 24.6. The van der Waals surface area contributed by atoms with Crippen molar-refractivity contribution in [2.75, 3.05) is 4.72 Å². The fourth-order valence-electron chi connectivity index (χ4n) is 3.96. The molecule has 0 unspecified atom stereocenters. The Morgan fingerprint density at radius 1 is 1.00 bits per heavy atom. The first kappa shape index (κ1) is 23.6. The number of thiazole rings is 1. The molecule has 0 radical (unpaired) electrons. The molecule has 1 atom stereocenters. The summed E-state index contributed by atoms with van der Waals surface area (Å²) in [7, 11) is -3.99. The maximum atomic E-state index is 13.5. The van der Waals surface area contributed by atoms with Gasteiger partial charge in [0.15, 0.2) is 11.7 Å². The molecule has 0 aliphatic heterocycles. The van der Waals surface area contributed by atoms with E-state index in [1.807, 2.05) is 44.2 Å². The van der Waals surface area contributed by atoms with Crippen LogP contribution in [0.4, 0.5) is 5.69 Å². The Bertz CT molecular complexity index is 1520. The molecule has 0 aliphatic rings. The van der Waals surface area contributed by atoms with E-state index in [4.69, 9.17) is 0 Å². The Morgan fingerprint density at radius 2 is 1.62 bits per heavy atom. The Balaban J connectivity index is 1.75. The number of benzene rings is 3. The molecule has 0 saturated carbocycles. The van der Waals surface area contributed by atoms with Gasteiger partial charge in [-0.25, -0.2) is 13.4 Å². The lowest BCUT2D eigenvalue weighted by atomic mass is 9.98. The molecular weight excluding hydrogens is 466 g/mol. The van der Waals surface area contributed by atoms with Gasteiger partial charge in [-0.05, 0) is 74.2 Å². The van der Waals surface area contributed by atoms with Gasteiger partial charge < -0.3 is 0 Å². The lowest BCUT2D eigenvalue weighted by molar-refractivity contribution is 0.0979. The SMILES string of the molecule is Cc1cc(C)c(C)c(S(=O)(=O)Nc2ccccc2C(=O)[C@H](C#N)c2nc3ccccc3s2)c1C. The third-order valence-electron chi connectivity index (χ3n) is 5.95. The minimum absolute atomic E-state index is 0.122. The molecule has 1 N–H and O–H groups in total. The Kier molecular flexibility index (Phi) is 6.26. The molecule has 34 heavy (non-hydrogen) atoms. The van der Waals surface area contributed by atoms with Crippen molar-refractivity contribution in [3.63, 3.8) is 0 Å². The summed E-state index contributed by atoms with van der Waals surface area (Å²) in [5.41, 5.74) is 4.02. The third kappa shape index (κ3) is 4.20. The van der Waals surface area contributed by atoms with Crippen molar-refractivity contribution < 1.29 is 13.2 Å². The van der Waals surface area contributed by atoms with Crippen LogP contribution in [0.3, 0.4) is 0 Å². The molecular formula is C26H23N3O3S2. The number of ketones is 1. The second-order valence-corrected chi connectivity index (χ2v) is 10.9. The Labute approximate surface area is 203 Å². The average molecular weight is 490 g/mol. The number of Topliss-reactive ketones (excluding diaryl/α,β-unsaturated/α-hetero) is 1. The zero-order valence-electron chi connectivity index (χ0n) is 19.2. The minimum atomic E-state index is -3.99. The van der Waals surface area contributed by atoms with Gasteiger partial charge in [-0.3, -0.25) is 9.52 Å². The number of anilines is 1. The van der Waals surface area contributed by atoms with Crippen molar-refractivity contribution in [3.05, 3.63) is 87.4 Å². The zero-order valence-corrected chi connectivity index (χ0v) is 20.8. The summed E-state index contributed by atoms with van der Waals surface area (Å²) in [4.78, 5) is 18.1. The van der Waals surface area contributed by atoms with Crippen LogP contribution in [0.15, 0.2) is 59.5 Å². The number of carbonyl (C=O) groups is 1. The van der Waals surface area contributed by atoms with Crippen LogP contribution in [0.25, 0.3) is 10.2 Å². The molecule has 0 saturated heterocycles. The van der Waals surface area contributed by atoms with Crippen molar-refractivity contribution >= 4 is 43.0 Å². The lowest BCUT2D eigenvalue weighted by Gasteiger charge is -2.18. The number of rotatable bonds is 6. The van der Waals surface area contributed by atoms with Crippen molar-refractivity contribution in [2.24, 2.45) is 0 Å². The molecule has 4 rings (SSSR count). The number of nitriles is 1. The van der Waals surface area contributed by atoms with Gasteiger partial charge in [0, 0.05) is 5.56 Å². The van der Waals surface area contributed by atoms with Gasteiger partial charge in [-0.2, -0.15) is 5.26 Å². The number of hydrogen-bond donors (Lipinski definition) is 1. The average Bonchev–Trinajstić information content (AvgIpc) is 3.22. The quantitative estimate of drug-likeness (QED) is 0.344. The van der Waals surface area contributed by atoms with Crippen LogP contribution in [0.2, 0.25) is 0 Å². The highest BCUT2D eigenvalue weighted by Gasteiger charge is 2.29. The van der Waals surface area contributed by atoms with E-state index >= 15 is 0 Å². The molecule has 8 heteroatoms. The van der Waals surface area contributed by atoms with Crippen molar-refractivity contribution in [1.82, 2.24) is 4.98 Å². The molecule has 0 amide bonds. The molecule has 4 aromatic rings. The number of nitrogens with zero attached hydrogens (tertiary/aromatic N) is 2. The number of fused-ring (bicyclic) bond motifs is 1. The summed E-state index contributed by atoms with van der Waals surface area (Å²) in [6.07, 6.45) is 0. The highest BCUT2D eigenvalue weighted by atomic mass is 32.2. The standard InChI is InChI=1S/C26H23N3O3S2/c1-15-13-16(2)18(4)25(17(15)3)34(31,32)29-21-10-6-5-9-19(21)24(30)20(14-27)26-28-22-11-7-8-12-23(22)33-26/h5-13,20,29H,1-4H3/t20-/m0/s1. The summed E-state index contributed by atoms with van der Waals surface area (Å²) < 4.78 is 30.4. The van der Waals surface area contributed by atoms with Gasteiger partial charge in [0.05, 0.1) is 26.9 Å². The van der Waals surface area contributed by atoms with Crippen LogP contribution in [0.5, 0.6) is 0 Å². The molecule has 1 heterocycles. The monoisotopic (exact) mass is 489 g/mol. The van der Waals surface area contributed by atoms with E-state index in [0.29, 0.717) is 21.7 Å². The van der Waals surface area contributed by atoms with E-state index in [1.165, 1.54) is 23.5 Å². The molecule has 0 spiro atoms. The number of aromatic nitrogens is 1. The van der Waals surface area contributed by atoms with E-state index in [2.05, 4.69) is 15.8 Å². The van der Waals surface area contributed by atoms with Crippen LogP contribution in [0, 0.1) is 39.0 Å². The van der Waals surface area contributed by atoms with Gasteiger partial charge in [0.1, 0.15) is 5.01 Å². The molecule has 1 aromatic heterocycles. The number of carbonyl (C=O) groups excluding carboxylic acids is 1. The molecule has 0 bridgehead atoms. The number of aryl methyl sites for hydroxylation is 2. The van der Waals surface area contributed by atoms with E-state index in [1.54, 1.807) is 26.0 Å². The predicted molar refractivity (Wildman–Crippen MR) is 135 cm³/mol. The largest absolute Gasteiger partial charge is 0.292 e. The van der Waals surface area contributed by atoms with E-state index in [-0.39, 0.29) is 16.1 Å². The lowest BCUT2D eigenvalue weighted by Crippen LogP contribution is -2.20. The fraction of sp³-hybridized carbons (Fsp3) is 0.192. The van der Waals surface area contributed by atoms with Gasteiger partial charge in [-0.1, -0.05) is 30.3 Å². The van der Waals surface area contributed by atoms with E-state index < -0.39 is 21.7 Å². The first-order chi connectivity index (χ1) is 16.1. The Hall–Kier alpha value is -3.54.